The molecule has 0 saturated heterocycles. The first-order valence-corrected chi connectivity index (χ1v) is 5.13. The molecule has 0 aliphatic carbocycles. The molecule has 0 aliphatic heterocycles. The Hall–Kier alpha value is -2.18. The zero-order valence-corrected chi connectivity index (χ0v) is 9.27. The van der Waals surface area contributed by atoms with Gasteiger partial charge < -0.3 is 15.4 Å². The van der Waals surface area contributed by atoms with E-state index in [0.29, 0.717) is 12.8 Å². The van der Waals surface area contributed by atoms with Gasteiger partial charge in [0.2, 0.25) is 0 Å². The summed E-state index contributed by atoms with van der Waals surface area (Å²) in [5, 5.41) is 11.2. The quantitative estimate of drug-likeness (QED) is 0.656. The minimum absolute atomic E-state index is 0.0213. The predicted molar refractivity (Wildman–Crippen MR) is 58.7 cm³/mol. The van der Waals surface area contributed by atoms with Gasteiger partial charge in [-0.1, -0.05) is 13.3 Å². The van der Waals surface area contributed by atoms with E-state index in [-0.39, 0.29) is 5.69 Å². The second-order valence-corrected chi connectivity index (χ2v) is 3.45. The van der Waals surface area contributed by atoms with Gasteiger partial charge >= 0.3 is 5.97 Å². The highest BCUT2D eigenvalue weighted by Crippen LogP contribution is 1.98. The number of aliphatic carboxylic acids is 1. The maximum Gasteiger partial charge on any atom is 0.326 e. The number of aromatic nitrogens is 2. The Labute approximate surface area is 96.9 Å². The lowest BCUT2D eigenvalue weighted by Crippen LogP contribution is -2.41. The van der Waals surface area contributed by atoms with Crippen molar-refractivity contribution in [3.63, 3.8) is 0 Å². The fourth-order valence-electron chi connectivity index (χ4n) is 1.24. The summed E-state index contributed by atoms with van der Waals surface area (Å²) in [6, 6.07) is -0.943. The molecule has 92 valence electrons. The lowest BCUT2D eigenvalue weighted by Gasteiger charge is -2.12. The summed E-state index contributed by atoms with van der Waals surface area (Å²) in [6.45, 7) is 1.82. The molecule has 1 atom stereocenters. The first-order valence-electron chi connectivity index (χ1n) is 5.13. The van der Waals surface area contributed by atoms with E-state index >= 15 is 0 Å². The number of hydrogen-bond donors (Lipinski definition) is 3. The molecule has 0 saturated carbocycles. The summed E-state index contributed by atoms with van der Waals surface area (Å²) in [4.78, 5) is 39.0. The Morgan fingerprint density at radius 3 is 2.76 bits per heavy atom. The molecule has 1 amide bonds. The lowest BCUT2D eigenvalue weighted by molar-refractivity contribution is -0.139. The number of nitrogens with zero attached hydrogens (tertiary/aromatic N) is 1. The van der Waals surface area contributed by atoms with Crippen molar-refractivity contribution in [1.82, 2.24) is 15.3 Å². The number of carboxylic acids is 1. The molecule has 0 fully saturated rings. The van der Waals surface area contributed by atoms with Crippen LogP contribution in [-0.4, -0.2) is 33.0 Å². The number of hydrogen-bond acceptors (Lipinski definition) is 4. The third-order valence-corrected chi connectivity index (χ3v) is 2.09. The van der Waals surface area contributed by atoms with Gasteiger partial charge in [0.25, 0.3) is 11.5 Å². The minimum Gasteiger partial charge on any atom is -0.480 e. The van der Waals surface area contributed by atoms with Crippen LogP contribution < -0.4 is 10.9 Å². The minimum atomic E-state index is -1.09. The Kier molecular flexibility index (Phi) is 4.38. The van der Waals surface area contributed by atoms with E-state index in [1.807, 2.05) is 6.92 Å². The molecule has 0 aliphatic rings. The summed E-state index contributed by atoms with van der Waals surface area (Å²) < 4.78 is 0. The maximum absolute atomic E-state index is 11.6. The van der Waals surface area contributed by atoms with Gasteiger partial charge in [-0.05, 0) is 6.42 Å². The van der Waals surface area contributed by atoms with Crippen LogP contribution in [0.3, 0.4) is 0 Å². The number of aromatic amines is 1. The zero-order valence-electron chi connectivity index (χ0n) is 9.27. The third kappa shape index (κ3) is 3.71. The van der Waals surface area contributed by atoms with Crippen molar-refractivity contribution in [3.8, 4) is 0 Å². The van der Waals surface area contributed by atoms with Crippen LogP contribution in [0.4, 0.5) is 0 Å². The highest BCUT2D eigenvalue weighted by Gasteiger charge is 2.20. The first kappa shape index (κ1) is 12.9. The van der Waals surface area contributed by atoms with Crippen LogP contribution in [0.5, 0.6) is 0 Å². The highest BCUT2D eigenvalue weighted by molar-refractivity contribution is 5.94. The van der Waals surface area contributed by atoms with Gasteiger partial charge in [0, 0.05) is 6.20 Å². The van der Waals surface area contributed by atoms with Crippen molar-refractivity contribution in [2.75, 3.05) is 0 Å². The molecule has 7 heteroatoms. The fraction of sp³-hybridized carbons (Fsp3) is 0.400. The first-order chi connectivity index (χ1) is 8.04. The molecule has 0 bridgehead atoms. The largest absolute Gasteiger partial charge is 0.480 e. The Morgan fingerprint density at radius 2 is 2.29 bits per heavy atom. The molecule has 1 heterocycles. The van der Waals surface area contributed by atoms with Crippen molar-refractivity contribution in [1.29, 1.82) is 0 Å². The van der Waals surface area contributed by atoms with Crippen molar-refractivity contribution in [2.24, 2.45) is 0 Å². The maximum atomic E-state index is 11.6. The number of H-pyrrole nitrogens is 1. The molecule has 1 aromatic rings. The Morgan fingerprint density at radius 1 is 1.59 bits per heavy atom. The molecule has 17 heavy (non-hydrogen) atoms. The Balaban J connectivity index is 2.73. The molecule has 1 aromatic heterocycles. The zero-order chi connectivity index (χ0) is 12.8. The number of carbonyl (C=O) groups is 2. The number of carboxylic acid groups (broad SMARTS) is 1. The second-order valence-electron chi connectivity index (χ2n) is 3.45. The molecule has 0 spiro atoms. The second kappa shape index (κ2) is 5.78. The van der Waals surface area contributed by atoms with E-state index in [2.05, 4.69) is 15.3 Å². The number of rotatable bonds is 5. The van der Waals surface area contributed by atoms with Crippen molar-refractivity contribution < 1.29 is 14.7 Å². The van der Waals surface area contributed by atoms with E-state index in [1.54, 1.807) is 0 Å². The highest BCUT2D eigenvalue weighted by atomic mass is 16.4. The van der Waals surface area contributed by atoms with Crippen LogP contribution in [0, 0.1) is 0 Å². The van der Waals surface area contributed by atoms with E-state index in [1.165, 1.54) is 0 Å². The van der Waals surface area contributed by atoms with E-state index in [4.69, 9.17) is 5.11 Å². The van der Waals surface area contributed by atoms with Crippen molar-refractivity contribution >= 4 is 11.9 Å². The standard InChI is InChI=1S/C10H13N3O4/c1-2-3-6(10(16)17)13-9(15)7-4-12-8(14)5-11-7/h4-6H,2-3H2,1H3,(H,12,14)(H,13,15)(H,16,17). The SMILES string of the molecule is CCCC(NC(=O)c1c[nH]c(=O)cn1)C(=O)O. The van der Waals surface area contributed by atoms with Gasteiger partial charge in [0.15, 0.2) is 0 Å². The molecule has 0 radical (unpaired) electrons. The van der Waals surface area contributed by atoms with Crippen LogP contribution >= 0.6 is 0 Å². The van der Waals surface area contributed by atoms with Crippen molar-refractivity contribution in [3.05, 3.63) is 28.4 Å². The molecule has 3 N–H and O–H groups in total. The topological polar surface area (TPSA) is 112 Å². The van der Waals surface area contributed by atoms with Gasteiger partial charge in [-0.3, -0.25) is 9.59 Å². The smallest absolute Gasteiger partial charge is 0.326 e. The molecular weight excluding hydrogens is 226 g/mol. The summed E-state index contributed by atoms with van der Waals surface area (Å²) in [7, 11) is 0. The van der Waals surface area contributed by atoms with E-state index in [0.717, 1.165) is 12.4 Å². The normalized spacial score (nSPS) is 11.8. The lowest BCUT2D eigenvalue weighted by atomic mass is 10.1. The van der Waals surface area contributed by atoms with Crippen LogP contribution in [0.2, 0.25) is 0 Å². The Bertz CT molecular complexity index is 448. The summed E-state index contributed by atoms with van der Waals surface area (Å²) in [5.74, 6) is -1.72. The van der Waals surface area contributed by atoms with Crippen LogP contribution in [0.1, 0.15) is 30.3 Å². The van der Waals surface area contributed by atoms with Crippen LogP contribution in [-0.2, 0) is 4.79 Å². The van der Waals surface area contributed by atoms with Gasteiger partial charge in [-0.25, -0.2) is 9.78 Å². The number of carbonyl (C=O) groups excluding carboxylic acids is 1. The van der Waals surface area contributed by atoms with E-state index in [9.17, 15) is 14.4 Å². The van der Waals surface area contributed by atoms with Crippen LogP contribution in [0.15, 0.2) is 17.2 Å². The van der Waals surface area contributed by atoms with Gasteiger partial charge in [0.05, 0.1) is 6.20 Å². The molecule has 1 unspecified atom stereocenters. The third-order valence-electron chi connectivity index (χ3n) is 2.09. The fourth-order valence-corrected chi connectivity index (χ4v) is 1.24. The van der Waals surface area contributed by atoms with E-state index < -0.39 is 23.5 Å². The molecule has 0 aromatic carbocycles. The molecular formula is C10H13N3O4. The van der Waals surface area contributed by atoms with Gasteiger partial charge in [0.1, 0.15) is 11.7 Å². The van der Waals surface area contributed by atoms with Crippen molar-refractivity contribution in [2.45, 2.75) is 25.8 Å². The number of amides is 1. The number of nitrogens with one attached hydrogen (secondary N) is 2. The summed E-state index contributed by atoms with van der Waals surface area (Å²) in [6.07, 6.45) is 3.08. The molecule has 7 nitrogen and oxygen atoms in total. The summed E-state index contributed by atoms with van der Waals surface area (Å²) in [5.41, 5.74) is -0.447. The monoisotopic (exact) mass is 239 g/mol. The summed E-state index contributed by atoms with van der Waals surface area (Å²) >= 11 is 0. The van der Waals surface area contributed by atoms with Gasteiger partial charge in [-0.2, -0.15) is 0 Å². The van der Waals surface area contributed by atoms with Gasteiger partial charge in [-0.15, -0.1) is 0 Å². The average Bonchev–Trinajstić information content (AvgIpc) is 2.29. The van der Waals surface area contributed by atoms with Crippen LogP contribution in [0.25, 0.3) is 0 Å². The molecule has 1 rings (SSSR count). The average molecular weight is 239 g/mol. The predicted octanol–water partition coefficient (Wildman–Crippen LogP) is -0.247.